The van der Waals surface area contributed by atoms with Crippen LogP contribution >= 0.6 is 11.8 Å². The fourth-order valence-corrected chi connectivity index (χ4v) is 4.00. The van der Waals surface area contributed by atoms with Crippen molar-refractivity contribution in [2.24, 2.45) is 4.99 Å². The molecule has 0 N–H and O–H groups in total. The summed E-state index contributed by atoms with van der Waals surface area (Å²) in [6, 6.07) is 22.0. The van der Waals surface area contributed by atoms with Gasteiger partial charge in [-0.3, -0.25) is 4.79 Å². The number of carbonyl (C=O) groups is 1. The number of nitrogens with zero attached hydrogens (tertiary/aromatic N) is 3. The predicted octanol–water partition coefficient (Wildman–Crippen LogP) is 6.14. The Kier molecular flexibility index (Phi) is 7.46. The number of carbonyl (C=O) groups excluding carboxylic acids is 1. The third kappa shape index (κ3) is 6.68. The van der Waals surface area contributed by atoms with Crippen LogP contribution in [0.5, 0.6) is 0 Å². The Morgan fingerprint density at radius 1 is 1.00 bits per heavy atom. The first-order chi connectivity index (χ1) is 14.8. The van der Waals surface area contributed by atoms with Crippen LogP contribution in [0.2, 0.25) is 0 Å². The predicted molar refractivity (Wildman–Crippen MR) is 118 cm³/mol. The van der Waals surface area contributed by atoms with Crippen LogP contribution in [0.3, 0.4) is 0 Å². The third-order valence-corrected chi connectivity index (χ3v) is 5.63. The number of alkyl halides is 3. The minimum atomic E-state index is -4.38. The van der Waals surface area contributed by atoms with E-state index < -0.39 is 23.8 Å². The molecule has 3 aromatic rings. The van der Waals surface area contributed by atoms with Crippen LogP contribution in [-0.4, -0.2) is 29.3 Å². The molecule has 1 atom stereocenters. The lowest BCUT2D eigenvalue weighted by atomic mass is 10.1. The molecular formula is C23H20F3N3OS. The summed E-state index contributed by atoms with van der Waals surface area (Å²) in [5, 5.41) is -0.847. The number of aromatic nitrogens is 1. The van der Waals surface area contributed by atoms with Crippen molar-refractivity contribution in [3.63, 3.8) is 0 Å². The quantitative estimate of drug-likeness (QED) is 0.351. The zero-order valence-electron chi connectivity index (χ0n) is 16.7. The molecule has 2 aromatic carbocycles. The molecule has 1 amide bonds. The van der Waals surface area contributed by atoms with Gasteiger partial charge < -0.3 is 4.90 Å². The zero-order valence-corrected chi connectivity index (χ0v) is 17.5. The molecule has 0 radical (unpaired) electrons. The van der Waals surface area contributed by atoms with E-state index in [9.17, 15) is 18.0 Å². The van der Waals surface area contributed by atoms with Crippen LogP contribution in [0.25, 0.3) is 0 Å². The van der Waals surface area contributed by atoms with Crippen molar-refractivity contribution < 1.29 is 18.0 Å². The monoisotopic (exact) mass is 443 g/mol. The van der Waals surface area contributed by atoms with Crippen molar-refractivity contribution in [1.29, 1.82) is 0 Å². The number of hydrogen-bond donors (Lipinski definition) is 0. The summed E-state index contributed by atoms with van der Waals surface area (Å²) in [5.41, 5.74) is 0.848. The molecule has 1 unspecified atom stereocenters. The van der Waals surface area contributed by atoms with Gasteiger partial charge in [0, 0.05) is 24.1 Å². The zero-order chi connectivity index (χ0) is 22.3. The normalized spacial score (nSPS) is 13.0. The number of rotatable bonds is 5. The van der Waals surface area contributed by atoms with Crippen molar-refractivity contribution in [2.75, 3.05) is 11.9 Å². The molecule has 0 aliphatic rings. The molecule has 160 valence electrons. The highest BCUT2D eigenvalue weighted by molar-refractivity contribution is 8.14. The average Bonchev–Trinajstić information content (AvgIpc) is 2.78. The number of benzene rings is 2. The van der Waals surface area contributed by atoms with Gasteiger partial charge in [-0.25, -0.2) is 4.98 Å². The van der Waals surface area contributed by atoms with Crippen molar-refractivity contribution in [1.82, 2.24) is 4.98 Å². The third-order valence-electron chi connectivity index (χ3n) is 4.33. The maximum atomic E-state index is 13.3. The van der Waals surface area contributed by atoms with Crippen LogP contribution in [0.15, 0.2) is 90.1 Å². The minimum Gasteiger partial charge on any atom is -0.309 e. The summed E-state index contributed by atoms with van der Waals surface area (Å²) in [6.45, 7) is 0. The van der Waals surface area contributed by atoms with Crippen LogP contribution in [0, 0.1) is 0 Å². The maximum Gasteiger partial charge on any atom is 0.390 e. The van der Waals surface area contributed by atoms with Gasteiger partial charge in [0.2, 0.25) is 0 Å². The molecule has 0 aliphatic carbocycles. The molecule has 0 saturated carbocycles. The van der Waals surface area contributed by atoms with E-state index in [2.05, 4.69) is 9.98 Å². The molecule has 0 saturated heterocycles. The Balaban J connectivity index is 1.99. The van der Waals surface area contributed by atoms with Gasteiger partial charge in [0.25, 0.3) is 5.91 Å². The number of pyridine rings is 1. The van der Waals surface area contributed by atoms with E-state index in [-0.39, 0.29) is 5.17 Å². The molecule has 31 heavy (non-hydrogen) atoms. The van der Waals surface area contributed by atoms with Gasteiger partial charge in [-0.15, -0.1) is 0 Å². The second kappa shape index (κ2) is 10.3. The van der Waals surface area contributed by atoms with E-state index in [1.54, 1.807) is 92.1 Å². The van der Waals surface area contributed by atoms with E-state index in [1.807, 2.05) is 0 Å². The van der Waals surface area contributed by atoms with Crippen LogP contribution < -0.4 is 4.90 Å². The molecule has 1 aromatic heterocycles. The summed E-state index contributed by atoms with van der Waals surface area (Å²) >= 11 is 0.891. The van der Waals surface area contributed by atoms with Crippen molar-refractivity contribution in [3.05, 3.63) is 96.2 Å². The standard InChI is InChI=1S/C23H20F3N3OS/c1-29(20-14-8-9-15-27-20)22(28-21(30)18-12-6-3-7-13-18)31-19(16-23(24,25)26)17-10-4-2-5-11-17/h2-15,19H,16H2,1H3. The maximum absolute atomic E-state index is 13.3. The topological polar surface area (TPSA) is 45.6 Å². The first kappa shape index (κ1) is 22.6. The molecule has 0 fully saturated rings. The Hall–Kier alpha value is -3.13. The van der Waals surface area contributed by atoms with Gasteiger partial charge in [0.05, 0.1) is 6.42 Å². The summed E-state index contributed by atoms with van der Waals surface area (Å²) < 4.78 is 40.0. The molecule has 8 heteroatoms. The van der Waals surface area contributed by atoms with Gasteiger partial charge in [-0.1, -0.05) is 66.4 Å². The Bertz CT molecular complexity index is 1010. The van der Waals surface area contributed by atoms with E-state index >= 15 is 0 Å². The van der Waals surface area contributed by atoms with Gasteiger partial charge in [0.1, 0.15) is 5.82 Å². The highest BCUT2D eigenvalue weighted by atomic mass is 32.2. The highest BCUT2D eigenvalue weighted by Gasteiger charge is 2.34. The fourth-order valence-electron chi connectivity index (χ4n) is 2.80. The molecule has 0 bridgehead atoms. The molecule has 3 rings (SSSR count). The summed E-state index contributed by atoms with van der Waals surface area (Å²) in [5.74, 6) is -0.0712. The lowest BCUT2D eigenvalue weighted by Gasteiger charge is -2.24. The average molecular weight is 443 g/mol. The van der Waals surface area contributed by atoms with Gasteiger partial charge >= 0.3 is 6.18 Å². The summed E-state index contributed by atoms with van der Waals surface area (Å²) in [6.07, 6.45) is -3.88. The Morgan fingerprint density at radius 2 is 1.61 bits per heavy atom. The minimum absolute atomic E-state index is 0.130. The van der Waals surface area contributed by atoms with Gasteiger partial charge in [0.15, 0.2) is 5.17 Å². The van der Waals surface area contributed by atoms with E-state index in [0.29, 0.717) is 16.9 Å². The first-order valence-corrected chi connectivity index (χ1v) is 10.3. The number of thioether (sulfide) groups is 1. The molecular weight excluding hydrogens is 423 g/mol. The second-order valence-corrected chi connectivity index (χ2v) is 7.82. The number of anilines is 1. The molecule has 0 aliphatic heterocycles. The smallest absolute Gasteiger partial charge is 0.309 e. The SMILES string of the molecule is CN(C(=NC(=O)c1ccccc1)SC(CC(F)(F)F)c1ccccc1)c1ccccn1. The second-order valence-electron chi connectivity index (χ2n) is 6.65. The lowest BCUT2D eigenvalue weighted by Crippen LogP contribution is -2.27. The van der Waals surface area contributed by atoms with Crippen molar-refractivity contribution in [3.8, 4) is 0 Å². The summed E-state index contributed by atoms with van der Waals surface area (Å²) in [4.78, 5) is 22.7. The number of halogens is 3. The first-order valence-electron chi connectivity index (χ1n) is 9.44. The van der Waals surface area contributed by atoms with E-state index in [1.165, 1.54) is 4.90 Å². The number of aliphatic imine (C=N–C) groups is 1. The van der Waals surface area contributed by atoms with Crippen LogP contribution in [-0.2, 0) is 0 Å². The van der Waals surface area contributed by atoms with Crippen molar-refractivity contribution >= 4 is 28.7 Å². The number of amides is 1. The lowest BCUT2D eigenvalue weighted by molar-refractivity contribution is -0.134. The fraction of sp³-hybridized carbons (Fsp3) is 0.174. The van der Waals surface area contributed by atoms with Crippen LogP contribution in [0.4, 0.5) is 19.0 Å². The van der Waals surface area contributed by atoms with E-state index in [4.69, 9.17) is 0 Å². The number of amidine groups is 1. The molecule has 4 nitrogen and oxygen atoms in total. The molecule has 0 spiro atoms. The van der Waals surface area contributed by atoms with Crippen LogP contribution in [0.1, 0.15) is 27.6 Å². The largest absolute Gasteiger partial charge is 0.390 e. The summed E-state index contributed by atoms with van der Waals surface area (Å²) in [7, 11) is 1.63. The Morgan fingerprint density at radius 3 is 2.19 bits per heavy atom. The number of hydrogen-bond acceptors (Lipinski definition) is 3. The Labute approximate surface area is 182 Å². The van der Waals surface area contributed by atoms with E-state index in [0.717, 1.165) is 11.8 Å². The highest BCUT2D eigenvalue weighted by Crippen LogP contribution is 2.40. The molecule has 1 heterocycles. The van der Waals surface area contributed by atoms with Gasteiger partial charge in [-0.05, 0) is 29.8 Å². The van der Waals surface area contributed by atoms with Gasteiger partial charge in [-0.2, -0.15) is 18.2 Å². The van der Waals surface area contributed by atoms with Crippen molar-refractivity contribution in [2.45, 2.75) is 17.8 Å².